The number of fused-ring (bicyclic) bond motifs is 1. The molecule has 0 saturated carbocycles. The number of benzene rings is 2. The van der Waals surface area contributed by atoms with E-state index in [1.54, 1.807) is 12.1 Å². The smallest absolute Gasteiger partial charge is 0.299 e. The second-order valence-electron chi connectivity index (χ2n) is 5.83. The summed E-state index contributed by atoms with van der Waals surface area (Å²) in [7, 11) is 0. The first-order chi connectivity index (χ1) is 12.9. The van der Waals surface area contributed by atoms with Crippen molar-refractivity contribution in [1.29, 1.82) is 0 Å². The Morgan fingerprint density at radius 2 is 1.89 bits per heavy atom. The van der Waals surface area contributed by atoms with Crippen LogP contribution in [-0.2, 0) is 11.3 Å². The van der Waals surface area contributed by atoms with Crippen molar-refractivity contribution in [1.82, 2.24) is 4.98 Å². The summed E-state index contributed by atoms with van der Waals surface area (Å²) in [5, 5.41) is 14.1. The van der Waals surface area contributed by atoms with E-state index in [-0.39, 0.29) is 17.8 Å². The van der Waals surface area contributed by atoms with Crippen LogP contribution in [0, 0.1) is 10.1 Å². The van der Waals surface area contributed by atoms with E-state index in [9.17, 15) is 19.7 Å². The van der Waals surface area contributed by atoms with Gasteiger partial charge >= 0.3 is 0 Å². The van der Waals surface area contributed by atoms with Crippen molar-refractivity contribution in [2.24, 2.45) is 0 Å². The van der Waals surface area contributed by atoms with Gasteiger partial charge in [-0.15, -0.1) is 11.3 Å². The third kappa shape index (κ3) is 3.09. The standard InChI is InChI=1S/C18H10ClN3O4S/c19-11-3-1-10(2-4-11)17-20-12(9-27-17)8-21-15-6-5-13(22(25)26)7-14(15)16(23)18(21)24/h1-7,9H,8H2. The number of hydrogen-bond donors (Lipinski definition) is 0. The van der Waals surface area contributed by atoms with Gasteiger partial charge in [0.25, 0.3) is 17.4 Å². The molecule has 1 aliphatic heterocycles. The van der Waals surface area contributed by atoms with Gasteiger partial charge in [-0.3, -0.25) is 24.6 Å². The van der Waals surface area contributed by atoms with Gasteiger partial charge in [0.1, 0.15) is 5.01 Å². The Hall–Kier alpha value is -3.10. The van der Waals surface area contributed by atoms with Crippen LogP contribution in [0.3, 0.4) is 0 Å². The van der Waals surface area contributed by atoms with Crippen LogP contribution >= 0.6 is 22.9 Å². The Labute approximate surface area is 162 Å². The van der Waals surface area contributed by atoms with Gasteiger partial charge in [0, 0.05) is 28.1 Å². The van der Waals surface area contributed by atoms with Gasteiger partial charge in [0.05, 0.1) is 28.4 Å². The highest BCUT2D eigenvalue weighted by Gasteiger charge is 2.37. The zero-order valence-electron chi connectivity index (χ0n) is 13.6. The molecule has 0 bridgehead atoms. The van der Waals surface area contributed by atoms with E-state index in [0.717, 1.165) is 16.6 Å². The van der Waals surface area contributed by atoms with Crippen molar-refractivity contribution in [3.05, 3.63) is 74.2 Å². The Balaban J connectivity index is 1.62. The zero-order chi connectivity index (χ0) is 19.1. The third-order valence-electron chi connectivity index (χ3n) is 4.13. The number of anilines is 1. The molecule has 0 unspecified atom stereocenters. The molecular weight excluding hydrogens is 390 g/mol. The van der Waals surface area contributed by atoms with E-state index in [4.69, 9.17) is 11.6 Å². The quantitative estimate of drug-likeness (QED) is 0.374. The molecule has 1 amide bonds. The van der Waals surface area contributed by atoms with E-state index in [1.165, 1.54) is 28.4 Å². The first-order valence-corrected chi connectivity index (χ1v) is 9.05. The Morgan fingerprint density at radius 1 is 1.15 bits per heavy atom. The molecule has 27 heavy (non-hydrogen) atoms. The van der Waals surface area contributed by atoms with E-state index in [2.05, 4.69) is 4.98 Å². The molecule has 0 N–H and O–H groups in total. The molecule has 0 saturated heterocycles. The molecular formula is C18H10ClN3O4S. The van der Waals surface area contributed by atoms with Crippen molar-refractivity contribution in [2.45, 2.75) is 6.54 Å². The molecule has 4 rings (SSSR count). The average molecular weight is 400 g/mol. The fraction of sp³-hybridized carbons (Fsp3) is 0.0556. The topological polar surface area (TPSA) is 93.4 Å². The van der Waals surface area contributed by atoms with Crippen LogP contribution in [0.4, 0.5) is 11.4 Å². The minimum Gasteiger partial charge on any atom is -0.299 e. The number of non-ortho nitro benzene ring substituents is 1. The molecule has 2 aromatic carbocycles. The molecule has 0 fully saturated rings. The normalized spacial score (nSPS) is 13.1. The average Bonchev–Trinajstić information content (AvgIpc) is 3.21. The van der Waals surface area contributed by atoms with Crippen molar-refractivity contribution in [3.8, 4) is 10.6 Å². The maximum absolute atomic E-state index is 12.3. The van der Waals surface area contributed by atoms with Crippen molar-refractivity contribution >= 4 is 46.0 Å². The lowest BCUT2D eigenvalue weighted by Gasteiger charge is -2.14. The minimum absolute atomic E-state index is 0.0438. The number of nitrogens with zero attached hydrogens (tertiary/aromatic N) is 3. The van der Waals surface area contributed by atoms with Crippen LogP contribution in [0.25, 0.3) is 10.6 Å². The lowest BCUT2D eigenvalue weighted by atomic mass is 10.1. The lowest BCUT2D eigenvalue weighted by Crippen LogP contribution is -2.29. The van der Waals surface area contributed by atoms with Gasteiger partial charge in [-0.25, -0.2) is 4.98 Å². The van der Waals surface area contributed by atoms with Gasteiger partial charge < -0.3 is 0 Å². The van der Waals surface area contributed by atoms with Gasteiger partial charge in [0.15, 0.2) is 0 Å². The molecule has 0 spiro atoms. The number of amides is 1. The summed E-state index contributed by atoms with van der Waals surface area (Å²) in [5.74, 6) is -1.46. The monoisotopic (exact) mass is 399 g/mol. The molecule has 7 nitrogen and oxygen atoms in total. The number of aromatic nitrogens is 1. The van der Waals surface area contributed by atoms with Gasteiger partial charge in [-0.2, -0.15) is 0 Å². The van der Waals surface area contributed by atoms with Crippen molar-refractivity contribution in [3.63, 3.8) is 0 Å². The fourth-order valence-electron chi connectivity index (χ4n) is 2.83. The molecule has 1 aliphatic rings. The first-order valence-electron chi connectivity index (χ1n) is 7.79. The van der Waals surface area contributed by atoms with Gasteiger partial charge in [0.2, 0.25) is 0 Å². The summed E-state index contributed by atoms with van der Waals surface area (Å²) in [6.07, 6.45) is 0. The molecule has 2 heterocycles. The highest BCUT2D eigenvalue weighted by Crippen LogP contribution is 2.34. The predicted molar refractivity (Wildman–Crippen MR) is 101 cm³/mol. The molecule has 0 atom stereocenters. The predicted octanol–water partition coefficient (Wildman–Crippen LogP) is 4.10. The Morgan fingerprint density at radius 3 is 2.59 bits per heavy atom. The van der Waals surface area contributed by atoms with E-state index in [0.29, 0.717) is 16.4 Å². The number of carbonyl (C=O) groups is 2. The highest BCUT2D eigenvalue weighted by molar-refractivity contribution is 7.13. The number of halogens is 1. The largest absolute Gasteiger partial charge is 0.299 e. The lowest BCUT2D eigenvalue weighted by molar-refractivity contribution is -0.384. The number of hydrogen-bond acceptors (Lipinski definition) is 6. The number of thiazole rings is 1. The zero-order valence-corrected chi connectivity index (χ0v) is 15.2. The highest BCUT2D eigenvalue weighted by atomic mass is 35.5. The maximum atomic E-state index is 12.3. The summed E-state index contributed by atoms with van der Waals surface area (Å²) < 4.78 is 0. The van der Waals surface area contributed by atoms with E-state index in [1.807, 2.05) is 17.5 Å². The Kier molecular flexibility index (Phi) is 4.21. The van der Waals surface area contributed by atoms with E-state index < -0.39 is 16.6 Å². The van der Waals surface area contributed by atoms with Crippen LogP contribution in [0.5, 0.6) is 0 Å². The minimum atomic E-state index is -0.748. The second-order valence-corrected chi connectivity index (χ2v) is 7.12. The molecule has 1 aromatic heterocycles. The summed E-state index contributed by atoms with van der Waals surface area (Å²) >= 11 is 7.31. The van der Waals surface area contributed by atoms with Crippen molar-refractivity contribution in [2.75, 3.05) is 4.90 Å². The molecule has 134 valence electrons. The fourth-order valence-corrected chi connectivity index (χ4v) is 3.77. The number of nitro groups is 1. The number of carbonyl (C=O) groups excluding carboxylic acids is 2. The van der Waals surface area contributed by atoms with Crippen LogP contribution in [0.2, 0.25) is 5.02 Å². The van der Waals surface area contributed by atoms with Crippen LogP contribution < -0.4 is 4.90 Å². The number of rotatable bonds is 4. The Bertz CT molecular complexity index is 1090. The second kappa shape index (κ2) is 6.57. The summed E-state index contributed by atoms with van der Waals surface area (Å²) in [6, 6.07) is 11.1. The van der Waals surface area contributed by atoms with Gasteiger partial charge in [-0.05, 0) is 18.2 Å². The van der Waals surface area contributed by atoms with E-state index >= 15 is 0 Å². The van der Waals surface area contributed by atoms with Crippen LogP contribution in [-0.4, -0.2) is 21.6 Å². The number of Topliss-reactive ketones (excluding diaryl/α,β-unsaturated/α-hetero) is 1. The van der Waals surface area contributed by atoms with Crippen LogP contribution in [0.1, 0.15) is 16.1 Å². The molecule has 0 radical (unpaired) electrons. The van der Waals surface area contributed by atoms with Crippen molar-refractivity contribution < 1.29 is 14.5 Å². The molecule has 3 aromatic rings. The first kappa shape index (κ1) is 17.3. The molecule has 9 heteroatoms. The SMILES string of the molecule is O=C1C(=O)N(Cc2csc(-c3ccc(Cl)cc3)n2)c2ccc([N+](=O)[O-])cc21. The third-order valence-corrected chi connectivity index (χ3v) is 5.32. The summed E-state index contributed by atoms with van der Waals surface area (Å²) in [6.45, 7) is 0.111. The number of nitro benzene ring substituents is 1. The number of ketones is 1. The molecule has 0 aliphatic carbocycles. The van der Waals surface area contributed by atoms with Gasteiger partial charge in [-0.1, -0.05) is 23.7 Å². The maximum Gasteiger partial charge on any atom is 0.299 e. The van der Waals surface area contributed by atoms with Crippen LogP contribution in [0.15, 0.2) is 47.8 Å². The summed E-state index contributed by atoms with van der Waals surface area (Å²) in [5.41, 5.74) is 1.70. The summed E-state index contributed by atoms with van der Waals surface area (Å²) in [4.78, 5) is 40.6.